The molecule has 0 aromatic heterocycles. The summed E-state index contributed by atoms with van der Waals surface area (Å²) in [6.45, 7) is 4.99. The van der Waals surface area contributed by atoms with Crippen molar-refractivity contribution in [3.05, 3.63) is 0 Å². The monoisotopic (exact) mass is 513 g/mol. The van der Waals surface area contributed by atoms with Crippen molar-refractivity contribution in [2.75, 3.05) is 12.3 Å². The molecule has 2 bridgehead atoms. The molecule has 4 heterocycles. The summed E-state index contributed by atoms with van der Waals surface area (Å²) < 4.78 is 31.0. The molecule has 4 aliphatic heterocycles. The van der Waals surface area contributed by atoms with Crippen LogP contribution in [0.3, 0.4) is 0 Å². The number of nitrogens with one attached hydrogen (secondary N) is 4. The van der Waals surface area contributed by atoms with E-state index in [2.05, 4.69) is 35.1 Å². The van der Waals surface area contributed by atoms with Gasteiger partial charge in [-0.25, -0.2) is 13.6 Å². The number of carbonyl (C=O) groups is 3. The molecule has 35 heavy (non-hydrogen) atoms. The molecule has 0 spiro atoms. The van der Waals surface area contributed by atoms with Crippen LogP contribution in [-0.4, -0.2) is 83.0 Å². The highest BCUT2D eigenvalue weighted by atomic mass is 32.2. The van der Waals surface area contributed by atoms with Gasteiger partial charge in [0.1, 0.15) is 12.3 Å². The van der Waals surface area contributed by atoms with Crippen LogP contribution in [0, 0.1) is 17.8 Å². The number of hydrogen-bond acceptors (Lipinski definition) is 6. The van der Waals surface area contributed by atoms with Crippen LogP contribution in [0.15, 0.2) is 0 Å². The Bertz CT molecular complexity index is 850. The molecule has 0 radical (unpaired) electrons. The summed E-state index contributed by atoms with van der Waals surface area (Å²) in [5, 5.41) is 12.4. The van der Waals surface area contributed by atoms with Crippen molar-refractivity contribution in [2.45, 2.75) is 100 Å². The van der Waals surface area contributed by atoms with E-state index in [9.17, 15) is 14.4 Å². The minimum absolute atomic E-state index is 0.0282. The van der Waals surface area contributed by atoms with E-state index in [4.69, 9.17) is 0 Å². The Hall–Kier alpha value is -1.46. The zero-order chi connectivity index (χ0) is 24.9. The maximum absolute atomic E-state index is 15.7. The predicted molar refractivity (Wildman–Crippen MR) is 129 cm³/mol. The number of nitrogens with zero attached hydrogens (tertiary/aromatic N) is 1. The number of thioether (sulfide) groups is 1. The molecule has 5 aliphatic rings. The van der Waals surface area contributed by atoms with Crippen molar-refractivity contribution >= 4 is 29.6 Å². The molecule has 196 valence electrons. The summed E-state index contributed by atoms with van der Waals surface area (Å²) in [6, 6.07) is -2.13. The minimum atomic E-state index is -1.46. The Labute approximate surface area is 209 Å². The van der Waals surface area contributed by atoms with Crippen molar-refractivity contribution < 1.29 is 23.2 Å². The van der Waals surface area contributed by atoms with Crippen molar-refractivity contribution in [3.8, 4) is 0 Å². The number of fused-ring (bicyclic) bond motifs is 5. The van der Waals surface area contributed by atoms with Crippen molar-refractivity contribution in [1.82, 2.24) is 26.2 Å². The molecular weight excluding hydrogens is 476 g/mol. The van der Waals surface area contributed by atoms with Crippen LogP contribution in [0.25, 0.3) is 0 Å². The molecule has 0 aromatic rings. The standard InChI is InChI=1S/C24H37F2N5O3S/c1-11(2)19-21-16(6-8-27-19)35-9-7-17(32)28-15-5-3-4-13(25)18(15)20-14(26)10-12-22(29-20)31(21)24(34)30-23(12)33/h11-16,18-22,27,29H,3-10H2,1-2H3,(H,28,32)(H,30,33,34). The second-order valence-electron chi connectivity index (χ2n) is 11.1. The van der Waals surface area contributed by atoms with Crippen LogP contribution in [-0.2, 0) is 9.59 Å². The quantitative estimate of drug-likeness (QED) is 0.426. The molecule has 4 amide bonds. The van der Waals surface area contributed by atoms with Crippen LogP contribution in [0.5, 0.6) is 0 Å². The molecule has 4 saturated heterocycles. The Balaban J connectivity index is 1.57. The summed E-state index contributed by atoms with van der Waals surface area (Å²) in [5.74, 6) is -1.33. The molecule has 10 unspecified atom stereocenters. The van der Waals surface area contributed by atoms with E-state index in [0.29, 0.717) is 31.4 Å². The number of halogens is 2. The molecule has 10 atom stereocenters. The maximum atomic E-state index is 15.7. The molecule has 11 heteroatoms. The second-order valence-corrected chi connectivity index (χ2v) is 12.4. The lowest BCUT2D eigenvalue weighted by Crippen LogP contribution is -2.77. The fourth-order valence-electron chi connectivity index (χ4n) is 7.00. The summed E-state index contributed by atoms with van der Waals surface area (Å²) in [7, 11) is 0. The van der Waals surface area contributed by atoms with Gasteiger partial charge in [0.2, 0.25) is 11.8 Å². The molecular formula is C24H37F2N5O3S. The van der Waals surface area contributed by atoms with E-state index >= 15 is 8.78 Å². The number of alkyl halides is 2. The Kier molecular flexibility index (Phi) is 7.29. The average molecular weight is 514 g/mol. The Morgan fingerprint density at radius 2 is 1.89 bits per heavy atom. The van der Waals surface area contributed by atoms with E-state index < -0.39 is 54.4 Å². The van der Waals surface area contributed by atoms with Gasteiger partial charge in [0.15, 0.2) is 0 Å². The molecule has 1 saturated carbocycles. The first-order chi connectivity index (χ1) is 16.8. The fraction of sp³-hybridized carbons (Fsp3) is 0.875. The number of urea groups is 1. The number of amides is 4. The van der Waals surface area contributed by atoms with E-state index in [-0.39, 0.29) is 35.6 Å². The smallest absolute Gasteiger partial charge is 0.325 e. The summed E-state index contributed by atoms with van der Waals surface area (Å²) in [5.41, 5.74) is 0. The van der Waals surface area contributed by atoms with Crippen LogP contribution >= 0.6 is 11.8 Å². The first kappa shape index (κ1) is 25.2. The van der Waals surface area contributed by atoms with E-state index in [1.807, 2.05) is 0 Å². The lowest BCUT2D eigenvalue weighted by molar-refractivity contribution is -0.135. The van der Waals surface area contributed by atoms with Crippen LogP contribution in [0.1, 0.15) is 52.4 Å². The zero-order valence-corrected chi connectivity index (χ0v) is 21.2. The van der Waals surface area contributed by atoms with Gasteiger partial charge in [-0.3, -0.25) is 20.2 Å². The van der Waals surface area contributed by atoms with Gasteiger partial charge >= 0.3 is 6.03 Å². The molecule has 0 aromatic carbocycles. The summed E-state index contributed by atoms with van der Waals surface area (Å²) in [4.78, 5) is 40.8. The lowest BCUT2D eigenvalue weighted by atomic mass is 9.73. The zero-order valence-electron chi connectivity index (χ0n) is 20.3. The summed E-state index contributed by atoms with van der Waals surface area (Å²) in [6.07, 6.45) is -0.875. The third-order valence-electron chi connectivity index (χ3n) is 8.61. The molecule has 8 nitrogen and oxygen atoms in total. The van der Waals surface area contributed by atoms with E-state index in [1.165, 1.54) is 0 Å². The highest BCUT2D eigenvalue weighted by Gasteiger charge is 2.56. The number of piperidine rings is 2. The van der Waals surface area contributed by atoms with Crippen molar-refractivity contribution in [3.63, 3.8) is 0 Å². The SMILES string of the molecule is CC(C)C1NCCC2SCCC(=O)NC3CCCC(F)C3C3NC4C(CC3F)C(=O)NC(=O)N4C21. The summed E-state index contributed by atoms with van der Waals surface area (Å²) >= 11 is 1.68. The molecule has 5 rings (SSSR count). The van der Waals surface area contributed by atoms with Crippen LogP contribution in [0.2, 0.25) is 0 Å². The van der Waals surface area contributed by atoms with Gasteiger partial charge < -0.3 is 15.5 Å². The van der Waals surface area contributed by atoms with Gasteiger partial charge in [-0.15, -0.1) is 0 Å². The first-order valence-corrected chi connectivity index (χ1v) is 14.1. The maximum Gasteiger partial charge on any atom is 0.325 e. The molecule has 5 fully saturated rings. The third-order valence-corrected chi connectivity index (χ3v) is 9.99. The lowest BCUT2D eigenvalue weighted by Gasteiger charge is -2.55. The number of carbonyl (C=O) groups excluding carboxylic acids is 3. The Morgan fingerprint density at radius 1 is 1.09 bits per heavy atom. The van der Waals surface area contributed by atoms with Gasteiger partial charge in [0, 0.05) is 41.5 Å². The van der Waals surface area contributed by atoms with E-state index in [0.717, 1.165) is 13.0 Å². The average Bonchev–Trinajstić information content (AvgIpc) is 2.80. The normalized spacial score (nSPS) is 44.7. The fourth-order valence-corrected chi connectivity index (χ4v) is 8.39. The van der Waals surface area contributed by atoms with E-state index in [1.54, 1.807) is 16.7 Å². The predicted octanol–water partition coefficient (Wildman–Crippen LogP) is 1.70. The number of imide groups is 1. The van der Waals surface area contributed by atoms with Gasteiger partial charge in [0.25, 0.3) is 0 Å². The Morgan fingerprint density at radius 3 is 2.66 bits per heavy atom. The van der Waals surface area contributed by atoms with Gasteiger partial charge in [-0.1, -0.05) is 13.8 Å². The van der Waals surface area contributed by atoms with Crippen molar-refractivity contribution in [1.29, 1.82) is 0 Å². The topological polar surface area (TPSA) is 103 Å². The third kappa shape index (κ3) is 4.68. The van der Waals surface area contributed by atoms with Gasteiger partial charge in [-0.05, 0) is 44.6 Å². The highest BCUT2D eigenvalue weighted by Crippen LogP contribution is 2.41. The minimum Gasteiger partial charge on any atom is -0.353 e. The van der Waals surface area contributed by atoms with Crippen molar-refractivity contribution in [2.24, 2.45) is 17.8 Å². The molecule has 4 N–H and O–H groups in total. The number of rotatable bonds is 1. The second kappa shape index (κ2) is 10.1. The molecule has 1 aliphatic carbocycles. The largest absolute Gasteiger partial charge is 0.353 e. The van der Waals surface area contributed by atoms with Gasteiger partial charge in [0.05, 0.1) is 18.1 Å². The highest BCUT2D eigenvalue weighted by molar-refractivity contribution is 8.00. The van der Waals surface area contributed by atoms with Gasteiger partial charge in [-0.2, -0.15) is 11.8 Å². The first-order valence-electron chi connectivity index (χ1n) is 13.1. The van der Waals surface area contributed by atoms with Crippen LogP contribution < -0.4 is 21.3 Å². The van der Waals surface area contributed by atoms with Crippen LogP contribution in [0.4, 0.5) is 13.6 Å². The number of hydrogen-bond donors (Lipinski definition) is 4.